The van der Waals surface area contributed by atoms with Crippen molar-refractivity contribution < 1.29 is 13.2 Å². The Balaban J connectivity index is 4.91. The van der Waals surface area contributed by atoms with E-state index in [4.69, 9.17) is 5.41 Å². The molecule has 0 rings (SSSR count). The molecule has 0 aromatic heterocycles. The second-order valence-electron chi connectivity index (χ2n) is 1.72. The summed E-state index contributed by atoms with van der Waals surface area (Å²) in [7, 11) is 0. The van der Waals surface area contributed by atoms with Gasteiger partial charge in [-0.2, -0.15) is 13.2 Å². The number of nitrogens with two attached hydrogens (primary N) is 1. The van der Waals surface area contributed by atoms with E-state index in [-0.39, 0.29) is 0 Å². The van der Waals surface area contributed by atoms with Crippen LogP contribution in [0.4, 0.5) is 13.2 Å². The molecule has 0 aliphatic rings. The zero-order valence-electron chi connectivity index (χ0n) is 5.57. The van der Waals surface area contributed by atoms with E-state index in [0.29, 0.717) is 6.21 Å². The highest BCUT2D eigenvalue weighted by atomic mass is 19.4. The van der Waals surface area contributed by atoms with Crippen molar-refractivity contribution in [2.75, 3.05) is 0 Å². The van der Waals surface area contributed by atoms with Crippen molar-refractivity contribution in [3.05, 3.63) is 23.9 Å². The number of halogens is 3. The summed E-state index contributed by atoms with van der Waals surface area (Å²) in [5, 5.41) is 6.54. The van der Waals surface area contributed by atoms with Gasteiger partial charge in [-0.25, -0.2) is 0 Å². The van der Waals surface area contributed by atoms with Crippen LogP contribution in [0.3, 0.4) is 0 Å². The Morgan fingerprint density at radius 1 is 1.45 bits per heavy atom. The Hall–Kier alpha value is -1.26. The standard InChI is InChI=1S/C6H7F3N2/c1-2-4(3-10)5(11)6(7,8)9/h2-3,10H,1,11H2/b5-4-,10-3?. The van der Waals surface area contributed by atoms with E-state index < -0.39 is 17.4 Å². The van der Waals surface area contributed by atoms with Crippen LogP contribution in [0.2, 0.25) is 0 Å². The molecule has 0 aromatic carbocycles. The van der Waals surface area contributed by atoms with E-state index in [1.165, 1.54) is 0 Å². The van der Waals surface area contributed by atoms with Gasteiger partial charge in [-0.1, -0.05) is 12.7 Å². The van der Waals surface area contributed by atoms with Gasteiger partial charge in [0.2, 0.25) is 0 Å². The van der Waals surface area contributed by atoms with Crippen LogP contribution in [0.1, 0.15) is 0 Å². The van der Waals surface area contributed by atoms with E-state index in [1.807, 2.05) is 0 Å². The zero-order valence-corrected chi connectivity index (χ0v) is 5.57. The van der Waals surface area contributed by atoms with Gasteiger partial charge in [0.05, 0.1) is 0 Å². The van der Waals surface area contributed by atoms with Crippen molar-refractivity contribution in [1.82, 2.24) is 0 Å². The molecule has 62 valence electrons. The van der Waals surface area contributed by atoms with Crippen LogP contribution in [0.15, 0.2) is 23.9 Å². The van der Waals surface area contributed by atoms with Crippen LogP contribution in [0.25, 0.3) is 0 Å². The molecular formula is C6H7F3N2. The second-order valence-corrected chi connectivity index (χ2v) is 1.72. The van der Waals surface area contributed by atoms with Gasteiger partial charge in [0.25, 0.3) is 0 Å². The molecule has 0 heterocycles. The molecule has 0 amide bonds. The SMILES string of the molecule is C=C/C(C=N)=C(/N)C(F)(F)F. The Morgan fingerprint density at radius 3 is 2.00 bits per heavy atom. The lowest BCUT2D eigenvalue weighted by Gasteiger charge is -2.07. The summed E-state index contributed by atoms with van der Waals surface area (Å²) in [6, 6.07) is 0. The number of hydrogen-bond acceptors (Lipinski definition) is 2. The van der Waals surface area contributed by atoms with Crippen LogP contribution in [-0.2, 0) is 0 Å². The molecule has 0 unspecified atom stereocenters. The van der Waals surface area contributed by atoms with Crippen LogP contribution < -0.4 is 5.73 Å². The number of nitrogens with one attached hydrogen (secondary N) is 1. The van der Waals surface area contributed by atoms with Crippen molar-refractivity contribution in [1.29, 1.82) is 5.41 Å². The average molecular weight is 164 g/mol. The first-order valence-corrected chi connectivity index (χ1v) is 2.63. The summed E-state index contributed by atoms with van der Waals surface area (Å²) in [5.41, 5.74) is 2.94. The first-order chi connectivity index (χ1) is 4.93. The van der Waals surface area contributed by atoms with Crippen LogP contribution in [0, 0.1) is 5.41 Å². The molecule has 3 N–H and O–H groups in total. The topological polar surface area (TPSA) is 49.9 Å². The molecule has 0 atom stereocenters. The Bertz CT molecular complexity index is 192. The highest BCUT2D eigenvalue weighted by Crippen LogP contribution is 2.23. The first-order valence-electron chi connectivity index (χ1n) is 2.63. The zero-order chi connectivity index (χ0) is 9.07. The van der Waals surface area contributed by atoms with Gasteiger partial charge in [-0.05, 0) is 0 Å². The molecule has 5 heteroatoms. The maximum atomic E-state index is 11.7. The molecule has 0 aromatic rings. The smallest absolute Gasteiger partial charge is 0.394 e. The van der Waals surface area contributed by atoms with Crippen molar-refractivity contribution in [3.63, 3.8) is 0 Å². The molecule has 0 spiro atoms. The van der Waals surface area contributed by atoms with Crippen molar-refractivity contribution in [3.8, 4) is 0 Å². The number of allylic oxidation sites excluding steroid dienone is 3. The molecule has 0 bridgehead atoms. The predicted octanol–water partition coefficient (Wildman–Crippen LogP) is 1.60. The summed E-state index contributed by atoms with van der Waals surface area (Å²) < 4.78 is 35.2. The minimum Gasteiger partial charge on any atom is -0.394 e. The molecular weight excluding hydrogens is 157 g/mol. The van der Waals surface area contributed by atoms with E-state index in [0.717, 1.165) is 6.08 Å². The minimum absolute atomic E-state index is 0.419. The van der Waals surface area contributed by atoms with Gasteiger partial charge in [0, 0.05) is 11.8 Å². The third-order valence-corrected chi connectivity index (χ3v) is 0.992. The molecule has 2 nitrogen and oxygen atoms in total. The first kappa shape index (κ1) is 9.74. The highest BCUT2D eigenvalue weighted by Gasteiger charge is 2.32. The lowest BCUT2D eigenvalue weighted by atomic mass is 10.2. The van der Waals surface area contributed by atoms with Gasteiger partial charge in [-0.15, -0.1) is 0 Å². The normalized spacial score (nSPS) is 13.7. The van der Waals surface area contributed by atoms with Crippen LogP contribution in [-0.4, -0.2) is 12.4 Å². The number of rotatable bonds is 2. The predicted molar refractivity (Wildman–Crippen MR) is 36.2 cm³/mol. The highest BCUT2D eigenvalue weighted by molar-refractivity contribution is 5.80. The summed E-state index contributed by atoms with van der Waals surface area (Å²) in [4.78, 5) is 0. The summed E-state index contributed by atoms with van der Waals surface area (Å²) >= 11 is 0. The van der Waals surface area contributed by atoms with E-state index in [2.05, 4.69) is 12.3 Å². The lowest BCUT2D eigenvalue weighted by molar-refractivity contribution is -0.0929. The summed E-state index contributed by atoms with van der Waals surface area (Å²) in [6.45, 7) is 3.08. The van der Waals surface area contributed by atoms with Gasteiger partial charge in [0.1, 0.15) is 5.70 Å². The van der Waals surface area contributed by atoms with Crippen LogP contribution in [0.5, 0.6) is 0 Å². The molecule has 0 aliphatic heterocycles. The summed E-state index contributed by atoms with van der Waals surface area (Å²) in [5.74, 6) is 0. The fraction of sp³-hybridized carbons (Fsp3) is 0.167. The Kier molecular flexibility index (Phi) is 2.86. The molecule has 0 saturated heterocycles. The van der Waals surface area contributed by atoms with Crippen molar-refractivity contribution >= 4 is 6.21 Å². The Morgan fingerprint density at radius 2 is 1.91 bits per heavy atom. The average Bonchev–Trinajstić information content (AvgIpc) is 1.88. The van der Waals surface area contributed by atoms with E-state index >= 15 is 0 Å². The van der Waals surface area contributed by atoms with Crippen molar-refractivity contribution in [2.24, 2.45) is 5.73 Å². The molecule has 0 radical (unpaired) electrons. The van der Waals surface area contributed by atoms with Gasteiger partial charge in [0.15, 0.2) is 0 Å². The van der Waals surface area contributed by atoms with E-state index in [9.17, 15) is 13.2 Å². The fourth-order valence-electron chi connectivity index (χ4n) is 0.410. The number of hydrogen-bond donors (Lipinski definition) is 2. The van der Waals surface area contributed by atoms with Crippen molar-refractivity contribution in [2.45, 2.75) is 6.18 Å². The van der Waals surface area contributed by atoms with Gasteiger partial charge in [-0.3, -0.25) is 0 Å². The molecule has 11 heavy (non-hydrogen) atoms. The number of alkyl halides is 3. The quantitative estimate of drug-likeness (QED) is 0.472. The minimum atomic E-state index is -4.58. The molecule has 0 fully saturated rings. The maximum Gasteiger partial charge on any atom is 0.431 e. The fourth-order valence-corrected chi connectivity index (χ4v) is 0.410. The Labute approximate surface area is 61.7 Å². The lowest BCUT2D eigenvalue weighted by Crippen LogP contribution is -2.21. The largest absolute Gasteiger partial charge is 0.431 e. The third kappa shape index (κ3) is 2.45. The molecule has 0 saturated carbocycles. The second kappa shape index (κ2) is 3.23. The summed E-state index contributed by atoms with van der Waals surface area (Å²) in [6.07, 6.45) is -3.19. The maximum absolute atomic E-state index is 11.7. The molecule has 0 aliphatic carbocycles. The third-order valence-electron chi connectivity index (χ3n) is 0.992. The van der Waals surface area contributed by atoms with Gasteiger partial charge >= 0.3 is 6.18 Å². The van der Waals surface area contributed by atoms with E-state index in [1.54, 1.807) is 0 Å². The monoisotopic (exact) mass is 164 g/mol. The van der Waals surface area contributed by atoms with Gasteiger partial charge < -0.3 is 11.1 Å². The van der Waals surface area contributed by atoms with Crippen LogP contribution >= 0.6 is 0 Å².